The molecule has 0 radical (unpaired) electrons. The van der Waals surface area contributed by atoms with E-state index in [1.54, 1.807) is 0 Å². The van der Waals surface area contributed by atoms with Crippen molar-refractivity contribution in [3.8, 4) is 0 Å². The second-order valence-corrected chi connectivity index (χ2v) is 5.23. The van der Waals surface area contributed by atoms with Crippen LogP contribution in [0.25, 0.3) is 10.9 Å². The SMILES string of the molecule is O=c1[nH]c(CN2CCCC2)nc2cc(C(F)(F)F)ccc12. The van der Waals surface area contributed by atoms with Crippen LogP contribution in [0.15, 0.2) is 23.0 Å². The van der Waals surface area contributed by atoms with Crippen molar-refractivity contribution in [2.45, 2.75) is 25.6 Å². The molecular formula is C14H14F3N3O. The van der Waals surface area contributed by atoms with E-state index >= 15 is 0 Å². The molecule has 2 heterocycles. The minimum absolute atomic E-state index is 0.0859. The molecule has 0 amide bonds. The number of H-pyrrole nitrogens is 1. The van der Waals surface area contributed by atoms with E-state index in [1.807, 2.05) is 0 Å². The quantitative estimate of drug-likeness (QED) is 0.926. The largest absolute Gasteiger partial charge is 0.416 e. The van der Waals surface area contributed by atoms with Gasteiger partial charge in [0.05, 0.1) is 23.0 Å². The highest BCUT2D eigenvalue weighted by Crippen LogP contribution is 2.30. The number of aromatic nitrogens is 2. The van der Waals surface area contributed by atoms with Crippen molar-refractivity contribution < 1.29 is 13.2 Å². The van der Waals surface area contributed by atoms with Gasteiger partial charge in [-0.05, 0) is 44.1 Å². The summed E-state index contributed by atoms with van der Waals surface area (Å²) in [5.41, 5.74) is -1.11. The van der Waals surface area contributed by atoms with Crippen LogP contribution in [0.5, 0.6) is 0 Å². The summed E-state index contributed by atoms with van der Waals surface area (Å²) in [5.74, 6) is 0.411. The number of aromatic amines is 1. The van der Waals surface area contributed by atoms with E-state index in [0.717, 1.165) is 38.1 Å². The molecule has 1 aliphatic rings. The van der Waals surface area contributed by atoms with Gasteiger partial charge in [0.1, 0.15) is 5.82 Å². The Morgan fingerprint density at radius 2 is 1.95 bits per heavy atom. The topological polar surface area (TPSA) is 49.0 Å². The van der Waals surface area contributed by atoms with Crippen molar-refractivity contribution in [2.75, 3.05) is 13.1 Å². The van der Waals surface area contributed by atoms with Crippen LogP contribution < -0.4 is 5.56 Å². The maximum absolute atomic E-state index is 12.7. The van der Waals surface area contributed by atoms with Crippen molar-refractivity contribution in [1.29, 1.82) is 0 Å². The molecule has 1 N–H and O–H groups in total. The highest BCUT2D eigenvalue weighted by atomic mass is 19.4. The van der Waals surface area contributed by atoms with Gasteiger partial charge < -0.3 is 4.98 Å². The average molecular weight is 297 g/mol. The molecule has 0 aliphatic carbocycles. The summed E-state index contributed by atoms with van der Waals surface area (Å²) in [6, 6.07) is 3.00. The number of halogens is 3. The molecule has 7 heteroatoms. The third-order valence-corrected chi connectivity index (χ3v) is 3.65. The number of rotatable bonds is 2. The molecule has 1 fully saturated rings. The molecule has 0 saturated carbocycles. The number of alkyl halides is 3. The van der Waals surface area contributed by atoms with E-state index < -0.39 is 17.3 Å². The highest BCUT2D eigenvalue weighted by molar-refractivity contribution is 5.78. The minimum atomic E-state index is -4.44. The number of fused-ring (bicyclic) bond motifs is 1. The van der Waals surface area contributed by atoms with Gasteiger partial charge in [-0.1, -0.05) is 0 Å². The summed E-state index contributed by atoms with van der Waals surface area (Å²) in [5, 5.41) is 0.174. The van der Waals surface area contributed by atoms with E-state index in [-0.39, 0.29) is 10.9 Å². The fourth-order valence-electron chi connectivity index (χ4n) is 2.59. The molecule has 0 spiro atoms. The van der Waals surface area contributed by atoms with E-state index in [2.05, 4.69) is 14.9 Å². The normalized spacial score (nSPS) is 16.7. The predicted molar refractivity (Wildman–Crippen MR) is 71.9 cm³/mol. The summed E-state index contributed by atoms with van der Waals surface area (Å²) >= 11 is 0. The van der Waals surface area contributed by atoms with Crippen molar-refractivity contribution in [2.24, 2.45) is 0 Å². The third kappa shape index (κ3) is 2.92. The fourth-order valence-corrected chi connectivity index (χ4v) is 2.59. The van der Waals surface area contributed by atoms with Crippen molar-refractivity contribution in [3.05, 3.63) is 39.9 Å². The van der Waals surface area contributed by atoms with Crippen LogP contribution in [-0.2, 0) is 12.7 Å². The first kappa shape index (κ1) is 14.1. The van der Waals surface area contributed by atoms with Crippen LogP contribution >= 0.6 is 0 Å². The van der Waals surface area contributed by atoms with Gasteiger partial charge >= 0.3 is 6.18 Å². The van der Waals surface area contributed by atoms with E-state index in [9.17, 15) is 18.0 Å². The average Bonchev–Trinajstić information content (AvgIpc) is 2.90. The number of hydrogen-bond donors (Lipinski definition) is 1. The molecule has 3 rings (SSSR count). The molecule has 112 valence electrons. The molecule has 21 heavy (non-hydrogen) atoms. The molecule has 1 aromatic heterocycles. The number of likely N-dealkylation sites (tertiary alicyclic amines) is 1. The smallest absolute Gasteiger partial charge is 0.309 e. The van der Waals surface area contributed by atoms with Crippen LogP contribution in [0.2, 0.25) is 0 Å². The second kappa shape index (κ2) is 5.14. The molecule has 0 unspecified atom stereocenters. The Balaban J connectivity index is 2.01. The Morgan fingerprint density at radius 1 is 1.24 bits per heavy atom. The Labute approximate surface area is 118 Å². The van der Waals surface area contributed by atoms with Gasteiger partial charge in [-0.3, -0.25) is 9.69 Å². The zero-order valence-corrected chi connectivity index (χ0v) is 11.2. The lowest BCUT2D eigenvalue weighted by molar-refractivity contribution is -0.137. The first-order valence-electron chi connectivity index (χ1n) is 6.76. The Hall–Kier alpha value is -1.89. The lowest BCUT2D eigenvalue weighted by Crippen LogP contribution is -2.22. The van der Waals surface area contributed by atoms with Crippen molar-refractivity contribution in [1.82, 2.24) is 14.9 Å². The first-order chi connectivity index (χ1) is 9.93. The maximum Gasteiger partial charge on any atom is 0.416 e. The lowest BCUT2D eigenvalue weighted by Gasteiger charge is -2.14. The van der Waals surface area contributed by atoms with Crippen LogP contribution in [0.4, 0.5) is 13.2 Å². The molecule has 1 aromatic carbocycles. The zero-order chi connectivity index (χ0) is 15.0. The molecular weight excluding hydrogens is 283 g/mol. The van der Waals surface area contributed by atoms with Gasteiger partial charge in [0, 0.05) is 0 Å². The molecule has 4 nitrogen and oxygen atoms in total. The van der Waals surface area contributed by atoms with Gasteiger partial charge in [-0.2, -0.15) is 13.2 Å². The summed E-state index contributed by atoms with van der Waals surface area (Å²) in [6.07, 6.45) is -2.25. The number of nitrogens with zero attached hydrogens (tertiary/aromatic N) is 2. The van der Waals surface area contributed by atoms with E-state index in [0.29, 0.717) is 12.4 Å². The number of nitrogens with one attached hydrogen (secondary N) is 1. The van der Waals surface area contributed by atoms with E-state index in [1.165, 1.54) is 6.07 Å². The molecule has 1 saturated heterocycles. The van der Waals surface area contributed by atoms with Crippen LogP contribution in [-0.4, -0.2) is 28.0 Å². The third-order valence-electron chi connectivity index (χ3n) is 3.65. The summed E-state index contributed by atoms with van der Waals surface area (Å²) in [7, 11) is 0. The molecule has 2 aromatic rings. The molecule has 0 bridgehead atoms. The minimum Gasteiger partial charge on any atom is -0.309 e. The van der Waals surface area contributed by atoms with E-state index in [4.69, 9.17) is 0 Å². The van der Waals surface area contributed by atoms with Gasteiger partial charge in [0.15, 0.2) is 0 Å². The first-order valence-corrected chi connectivity index (χ1v) is 6.76. The summed E-state index contributed by atoms with van der Waals surface area (Å²) in [4.78, 5) is 20.9. The number of hydrogen-bond acceptors (Lipinski definition) is 3. The van der Waals surface area contributed by atoms with Crippen molar-refractivity contribution in [3.63, 3.8) is 0 Å². The van der Waals surface area contributed by atoms with Gasteiger partial charge in [0.25, 0.3) is 5.56 Å². The van der Waals surface area contributed by atoms with Gasteiger partial charge in [-0.25, -0.2) is 4.98 Å². The van der Waals surface area contributed by atoms with Crippen molar-refractivity contribution >= 4 is 10.9 Å². The summed E-state index contributed by atoms with van der Waals surface area (Å²) < 4.78 is 38.2. The van der Waals surface area contributed by atoms with Gasteiger partial charge in [0.2, 0.25) is 0 Å². The Bertz CT molecular complexity index is 717. The Kier molecular flexibility index (Phi) is 3.44. The maximum atomic E-state index is 12.7. The fraction of sp³-hybridized carbons (Fsp3) is 0.429. The Morgan fingerprint density at radius 3 is 2.62 bits per heavy atom. The molecule has 0 atom stereocenters. The lowest BCUT2D eigenvalue weighted by atomic mass is 10.1. The van der Waals surface area contributed by atoms with Crippen LogP contribution in [0.1, 0.15) is 24.2 Å². The van der Waals surface area contributed by atoms with Crippen LogP contribution in [0, 0.1) is 0 Å². The zero-order valence-electron chi connectivity index (χ0n) is 11.2. The predicted octanol–water partition coefficient (Wildman–Crippen LogP) is 2.54. The monoisotopic (exact) mass is 297 g/mol. The number of benzene rings is 1. The summed E-state index contributed by atoms with van der Waals surface area (Å²) in [6.45, 7) is 2.30. The second-order valence-electron chi connectivity index (χ2n) is 5.23. The van der Waals surface area contributed by atoms with Gasteiger partial charge in [-0.15, -0.1) is 0 Å². The standard InChI is InChI=1S/C14H14F3N3O/c15-14(16,17)9-3-4-10-11(7-9)18-12(19-13(10)21)8-20-5-1-2-6-20/h3-4,7H,1-2,5-6,8H2,(H,18,19,21). The molecule has 1 aliphatic heterocycles. The highest BCUT2D eigenvalue weighted by Gasteiger charge is 2.30. The van der Waals surface area contributed by atoms with Crippen LogP contribution in [0.3, 0.4) is 0 Å².